The number of hydrogen-bond acceptors (Lipinski definition) is 4. The first-order chi connectivity index (χ1) is 15.5. The molecule has 2 aromatic carbocycles. The summed E-state index contributed by atoms with van der Waals surface area (Å²) >= 11 is 0. The summed E-state index contributed by atoms with van der Waals surface area (Å²) in [6.07, 6.45) is 3.82. The number of aromatic nitrogens is 1. The Kier molecular flexibility index (Phi) is 6.23. The maximum Gasteiger partial charge on any atom is 0.319 e. The predicted molar refractivity (Wildman–Crippen MR) is 123 cm³/mol. The van der Waals surface area contributed by atoms with E-state index in [-0.39, 0.29) is 18.3 Å². The molecule has 8 heteroatoms. The second kappa shape index (κ2) is 9.40. The van der Waals surface area contributed by atoms with Crippen molar-refractivity contribution in [3.05, 3.63) is 83.9 Å². The van der Waals surface area contributed by atoms with Crippen molar-refractivity contribution in [1.82, 2.24) is 10.3 Å². The first-order valence-electron chi connectivity index (χ1n) is 10.2. The van der Waals surface area contributed by atoms with Crippen LogP contribution in [0.5, 0.6) is 0 Å². The maximum absolute atomic E-state index is 12.5. The smallest absolute Gasteiger partial charge is 0.319 e. The first-order valence-corrected chi connectivity index (χ1v) is 10.2. The number of amides is 3. The van der Waals surface area contributed by atoms with Crippen LogP contribution >= 0.6 is 0 Å². The van der Waals surface area contributed by atoms with Crippen LogP contribution in [0.1, 0.15) is 21.7 Å². The van der Waals surface area contributed by atoms with Gasteiger partial charge in [-0.25, -0.2) is 4.79 Å². The third-order valence-electron chi connectivity index (χ3n) is 5.17. The molecule has 0 aliphatic carbocycles. The number of aliphatic hydroxyl groups excluding tert-OH is 1. The Bertz CT molecular complexity index is 1230. The molecule has 0 aliphatic heterocycles. The zero-order chi connectivity index (χ0) is 22.5. The molecule has 0 bridgehead atoms. The van der Waals surface area contributed by atoms with Crippen molar-refractivity contribution in [3.8, 4) is 0 Å². The zero-order valence-corrected chi connectivity index (χ0v) is 17.5. The molecule has 4 rings (SSSR count). The Morgan fingerprint density at radius 2 is 1.94 bits per heavy atom. The van der Waals surface area contributed by atoms with E-state index in [0.29, 0.717) is 17.8 Å². The molecule has 32 heavy (non-hydrogen) atoms. The minimum absolute atomic E-state index is 0.191. The van der Waals surface area contributed by atoms with E-state index < -0.39 is 12.1 Å². The van der Waals surface area contributed by atoms with E-state index in [0.717, 1.165) is 22.0 Å². The second-order valence-electron chi connectivity index (χ2n) is 7.50. The van der Waals surface area contributed by atoms with E-state index >= 15 is 0 Å². The quantitative estimate of drug-likeness (QED) is 0.303. The van der Waals surface area contributed by atoms with Gasteiger partial charge in [0.05, 0.1) is 18.9 Å². The van der Waals surface area contributed by atoms with Gasteiger partial charge in [0, 0.05) is 28.5 Å². The van der Waals surface area contributed by atoms with Crippen LogP contribution in [0.25, 0.3) is 10.9 Å². The lowest BCUT2D eigenvalue weighted by atomic mass is 10.1. The van der Waals surface area contributed by atoms with Gasteiger partial charge in [-0.1, -0.05) is 18.2 Å². The van der Waals surface area contributed by atoms with Gasteiger partial charge in [0.1, 0.15) is 0 Å². The number of para-hydroxylation sites is 1. The van der Waals surface area contributed by atoms with Gasteiger partial charge in [0.15, 0.2) is 5.76 Å². The van der Waals surface area contributed by atoms with Crippen LogP contribution in [0.3, 0.4) is 0 Å². The van der Waals surface area contributed by atoms with Crippen molar-refractivity contribution >= 4 is 34.2 Å². The summed E-state index contributed by atoms with van der Waals surface area (Å²) in [5.41, 5.74) is 4.00. The van der Waals surface area contributed by atoms with Crippen molar-refractivity contribution in [2.24, 2.45) is 0 Å². The molecule has 2 aromatic heterocycles. The SMILES string of the molecule is Cc1cc(NC(=O)NC(CO)Cc2c[nH]c3ccccc23)ccc1NC(=O)c1ccco1. The highest BCUT2D eigenvalue weighted by Crippen LogP contribution is 2.21. The molecular weight excluding hydrogens is 408 g/mol. The van der Waals surface area contributed by atoms with Crippen LogP contribution in [-0.2, 0) is 6.42 Å². The van der Waals surface area contributed by atoms with E-state index in [1.807, 2.05) is 37.4 Å². The molecule has 0 saturated carbocycles. The lowest BCUT2D eigenvalue weighted by Gasteiger charge is -2.17. The Hall–Kier alpha value is -4.04. The summed E-state index contributed by atoms with van der Waals surface area (Å²) in [5, 5.41) is 19.2. The number of H-pyrrole nitrogens is 1. The standard InChI is InChI=1S/C24H24N4O4/c1-15-11-17(8-9-20(15)28-23(30)22-7-4-10-32-22)26-24(31)27-18(14-29)12-16-13-25-21-6-3-2-5-19(16)21/h2-11,13,18,25,29H,12,14H2,1H3,(H,28,30)(H2,26,27,31). The van der Waals surface area contributed by atoms with Crippen LogP contribution in [0, 0.1) is 6.92 Å². The normalized spacial score (nSPS) is 11.8. The van der Waals surface area contributed by atoms with Gasteiger partial charge in [-0.3, -0.25) is 4.79 Å². The number of hydrogen-bond donors (Lipinski definition) is 5. The zero-order valence-electron chi connectivity index (χ0n) is 17.5. The predicted octanol–water partition coefficient (Wildman–Crippen LogP) is 4.05. The van der Waals surface area contributed by atoms with E-state index in [9.17, 15) is 14.7 Å². The largest absolute Gasteiger partial charge is 0.459 e. The Morgan fingerprint density at radius 1 is 1.09 bits per heavy atom. The molecule has 0 aliphatic rings. The molecular formula is C24H24N4O4. The molecule has 0 radical (unpaired) electrons. The number of nitrogens with one attached hydrogen (secondary N) is 4. The van der Waals surface area contributed by atoms with Crippen molar-refractivity contribution in [2.45, 2.75) is 19.4 Å². The van der Waals surface area contributed by atoms with Crippen LogP contribution in [0.4, 0.5) is 16.2 Å². The lowest BCUT2D eigenvalue weighted by Crippen LogP contribution is -2.41. The fraction of sp³-hybridized carbons (Fsp3) is 0.167. The number of furan rings is 1. The average Bonchev–Trinajstić information content (AvgIpc) is 3.46. The number of aryl methyl sites for hydroxylation is 1. The molecule has 0 saturated heterocycles. The summed E-state index contributed by atoms with van der Waals surface area (Å²) in [6.45, 7) is 1.64. The van der Waals surface area contributed by atoms with Crippen LogP contribution in [-0.4, -0.2) is 34.7 Å². The van der Waals surface area contributed by atoms with Crippen molar-refractivity contribution < 1.29 is 19.1 Å². The average molecular weight is 432 g/mol. The summed E-state index contributed by atoms with van der Waals surface area (Å²) in [7, 11) is 0. The summed E-state index contributed by atoms with van der Waals surface area (Å²) < 4.78 is 5.09. The van der Waals surface area contributed by atoms with Gasteiger partial charge in [-0.05, 0) is 60.9 Å². The molecule has 1 unspecified atom stereocenters. The molecule has 1 atom stereocenters. The van der Waals surface area contributed by atoms with Gasteiger partial charge < -0.3 is 30.5 Å². The number of benzene rings is 2. The number of carbonyl (C=O) groups excluding carboxylic acids is 2. The van der Waals surface area contributed by atoms with Gasteiger partial charge >= 0.3 is 6.03 Å². The topological polar surface area (TPSA) is 119 Å². The van der Waals surface area contributed by atoms with E-state index in [4.69, 9.17) is 4.42 Å². The number of aliphatic hydroxyl groups is 1. The lowest BCUT2D eigenvalue weighted by molar-refractivity contribution is 0.0996. The Morgan fingerprint density at radius 3 is 2.69 bits per heavy atom. The molecule has 164 valence electrons. The molecule has 0 spiro atoms. The van der Waals surface area contributed by atoms with Gasteiger partial charge in [0.2, 0.25) is 0 Å². The van der Waals surface area contributed by atoms with Crippen molar-refractivity contribution in [2.75, 3.05) is 17.2 Å². The Labute approximate surface area is 184 Å². The van der Waals surface area contributed by atoms with Crippen LogP contribution in [0.15, 0.2) is 71.5 Å². The molecule has 3 amide bonds. The third-order valence-corrected chi connectivity index (χ3v) is 5.17. The fourth-order valence-corrected chi connectivity index (χ4v) is 3.55. The van der Waals surface area contributed by atoms with E-state index in [2.05, 4.69) is 20.9 Å². The number of anilines is 2. The summed E-state index contributed by atoms with van der Waals surface area (Å²) in [4.78, 5) is 27.8. The van der Waals surface area contributed by atoms with Crippen LogP contribution < -0.4 is 16.0 Å². The Balaban J connectivity index is 1.36. The van der Waals surface area contributed by atoms with E-state index in [1.165, 1.54) is 6.26 Å². The molecule has 8 nitrogen and oxygen atoms in total. The minimum Gasteiger partial charge on any atom is -0.459 e. The number of carbonyl (C=O) groups is 2. The van der Waals surface area contributed by atoms with Crippen molar-refractivity contribution in [1.29, 1.82) is 0 Å². The number of fused-ring (bicyclic) bond motifs is 1. The second-order valence-corrected chi connectivity index (χ2v) is 7.50. The summed E-state index contributed by atoms with van der Waals surface area (Å²) in [6, 6.07) is 15.4. The van der Waals surface area contributed by atoms with Crippen LogP contribution in [0.2, 0.25) is 0 Å². The highest BCUT2D eigenvalue weighted by Gasteiger charge is 2.15. The molecule has 2 heterocycles. The number of aromatic amines is 1. The molecule has 4 aromatic rings. The van der Waals surface area contributed by atoms with Gasteiger partial charge in [-0.15, -0.1) is 0 Å². The monoisotopic (exact) mass is 432 g/mol. The summed E-state index contributed by atoms with van der Waals surface area (Å²) in [5.74, 6) is -0.129. The minimum atomic E-state index is -0.442. The number of rotatable bonds is 7. The van der Waals surface area contributed by atoms with Gasteiger partial charge in [-0.2, -0.15) is 0 Å². The number of urea groups is 1. The third kappa shape index (κ3) is 4.81. The molecule has 0 fully saturated rings. The highest BCUT2D eigenvalue weighted by atomic mass is 16.3. The fourth-order valence-electron chi connectivity index (χ4n) is 3.55. The molecule has 5 N–H and O–H groups in total. The maximum atomic E-state index is 12.5. The highest BCUT2D eigenvalue weighted by molar-refractivity contribution is 6.03. The van der Waals surface area contributed by atoms with Gasteiger partial charge in [0.25, 0.3) is 5.91 Å². The van der Waals surface area contributed by atoms with E-state index in [1.54, 1.807) is 30.3 Å². The van der Waals surface area contributed by atoms with Crippen molar-refractivity contribution in [3.63, 3.8) is 0 Å². The first kappa shape index (κ1) is 21.2.